The number of nitrogens with zero attached hydrogens (tertiary/aromatic N) is 4. The van der Waals surface area contributed by atoms with E-state index in [9.17, 15) is 4.79 Å². The van der Waals surface area contributed by atoms with Crippen LogP contribution in [0.3, 0.4) is 0 Å². The Morgan fingerprint density at radius 3 is 3.00 bits per heavy atom. The van der Waals surface area contributed by atoms with Gasteiger partial charge in [0.2, 0.25) is 5.82 Å². The molecule has 0 radical (unpaired) electrons. The molecule has 0 saturated heterocycles. The Bertz CT molecular complexity index is 506. The van der Waals surface area contributed by atoms with Gasteiger partial charge in [-0.3, -0.25) is 4.57 Å². The monoisotopic (exact) mass is 252 g/mol. The predicted octanol–water partition coefficient (Wildman–Crippen LogP) is 1.27. The molecule has 90 valence electrons. The second kappa shape index (κ2) is 5.05. The van der Waals surface area contributed by atoms with E-state index in [1.807, 2.05) is 5.38 Å². The first-order valence-corrected chi connectivity index (χ1v) is 6.05. The van der Waals surface area contributed by atoms with Gasteiger partial charge in [0.25, 0.3) is 0 Å². The molecule has 7 heteroatoms. The molecule has 0 aliphatic rings. The van der Waals surface area contributed by atoms with Crippen LogP contribution in [-0.4, -0.2) is 32.3 Å². The predicted molar refractivity (Wildman–Crippen MR) is 61.9 cm³/mol. The minimum Gasteiger partial charge on any atom is -0.460 e. The Labute approximate surface area is 102 Å². The van der Waals surface area contributed by atoms with E-state index in [2.05, 4.69) is 15.2 Å². The number of hydrogen-bond donors (Lipinski definition) is 0. The molecule has 0 unspecified atom stereocenters. The lowest BCUT2D eigenvalue weighted by Crippen LogP contribution is -2.15. The molecule has 2 heterocycles. The molecule has 0 aliphatic carbocycles. The standard InChI is InChI=1S/C10H12N4O2S/c1-3-16-10(15)9-13-12-7(2)14(9)6-8-11-4-5-17-8/h4-5H,3,6H2,1-2H3. The maximum Gasteiger partial charge on any atom is 0.376 e. The first kappa shape index (κ1) is 11.7. The number of aromatic nitrogens is 4. The lowest BCUT2D eigenvalue weighted by molar-refractivity contribution is 0.0506. The summed E-state index contributed by atoms with van der Waals surface area (Å²) in [5.74, 6) is 0.437. The van der Waals surface area contributed by atoms with E-state index >= 15 is 0 Å². The zero-order valence-corrected chi connectivity index (χ0v) is 10.4. The van der Waals surface area contributed by atoms with Gasteiger partial charge in [0.15, 0.2) is 0 Å². The topological polar surface area (TPSA) is 69.9 Å². The number of carbonyl (C=O) groups excluding carboxylic acids is 1. The molecule has 0 bridgehead atoms. The Morgan fingerprint density at radius 2 is 2.35 bits per heavy atom. The molecule has 0 spiro atoms. The molecule has 17 heavy (non-hydrogen) atoms. The molecule has 0 saturated carbocycles. The number of rotatable bonds is 4. The first-order valence-electron chi connectivity index (χ1n) is 5.17. The number of ether oxygens (including phenoxy) is 1. The fourth-order valence-corrected chi connectivity index (χ4v) is 1.99. The Hall–Kier alpha value is -1.76. The molecule has 0 atom stereocenters. The molecule has 2 aromatic heterocycles. The Kier molecular flexibility index (Phi) is 3.48. The summed E-state index contributed by atoms with van der Waals surface area (Å²) in [5, 5.41) is 10.5. The lowest BCUT2D eigenvalue weighted by Gasteiger charge is -2.05. The third kappa shape index (κ3) is 2.50. The molecule has 2 aromatic rings. The van der Waals surface area contributed by atoms with Crippen LogP contribution in [0.5, 0.6) is 0 Å². The third-order valence-electron chi connectivity index (χ3n) is 2.17. The summed E-state index contributed by atoms with van der Waals surface area (Å²) in [6.45, 7) is 4.36. The van der Waals surface area contributed by atoms with Gasteiger partial charge in [-0.2, -0.15) is 0 Å². The SMILES string of the molecule is CCOC(=O)c1nnc(C)n1Cc1nccs1. The van der Waals surface area contributed by atoms with E-state index in [4.69, 9.17) is 4.74 Å². The maximum absolute atomic E-state index is 11.6. The van der Waals surface area contributed by atoms with Crippen LogP contribution in [0.2, 0.25) is 0 Å². The van der Waals surface area contributed by atoms with Crippen molar-refractivity contribution in [3.63, 3.8) is 0 Å². The van der Waals surface area contributed by atoms with Crippen LogP contribution in [0.1, 0.15) is 28.4 Å². The minimum absolute atomic E-state index is 0.222. The largest absolute Gasteiger partial charge is 0.460 e. The lowest BCUT2D eigenvalue weighted by atomic mass is 10.5. The van der Waals surface area contributed by atoms with Crippen LogP contribution in [-0.2, 0) is 11.3 Å². The van der Waals surface area contributed by atoms with Crippen LogP contribution in [0, 0.1) is 6.92 Å². The van der Waals surface area contributed by atoms with Crippen molar-refractivity contribution >= 4 is 17.3 Å². The molecule has 0 aromatic carbocycles. The van der Waals surface area contributed by atoms with E-state index < -0.39 is 5.97 Å². The Morgan fingerprint density at radius 1 is 1.53 bits per heavy atom. The fourth-order valence-electron chi connectivity index (χ4n) is 1.38. The number of carbonyl (C=O) groups is 1. The summed E-state index contributed by atoms with van der Waals surface area (Å²) in [6, 6.07) is 0. The van der Waals surface area contributed by atoms with Crippen molar-refractivity contribution in [3.8, 4) is 0 Å². The normalized spacial score (nSPS) is 10.5. The molecule has 2 rings (SSSR count). The highest BCUT2D eigenvalue weighted by molar-refractivity contribution is 7.09. The van der Waals surface area contributed by atoms with Crippen LogP contribution in [0.15, 0.2) is 11.6 Å². The highest BCUT2D eigenvalue weighted by atomic mass is 32.1. The van der Waals surface area contributed by atoms with Gasteiger partial charge in [0, 0.05) is 11.6 Å². The van der Waals surface area contributed by atoms with Crippen molar-refractivity contribution in [1.82, 2.24) is 19.7 Å². The van der Waals surface area contributed by atoms with Crippen LogP contribution in [0.4, 0.5) is 0 Å². The van der Waals surface area contributed by atoms with Crippen LogP contribution >= 0.6 is 11.3 Å². The average Bonchev–Trinajstić information content (AvgIpc) is 2.91. The zero-order valence-electron chi connectivity index (χ0n) is 9.58. The molecule has 0 aliphatic heterocycles. The smallest absolute Gasteiger partial charge is 0.376 e. The van der Waals surface area contributed by atoms with E-state index in [1.54, 1.807) is 24.6 Å². The zero-order chi connectivity index (χ0) is 12.3. The van der Waals surface area contributed by atoms with E-state index in [1.165, 1.54) is 11.3 Å². The molecule has 0 fully saturated rings. The second-order valence-corrected chi connectivity index (χ2v) is 4.28. The molecular weight excluding hydrogens is 240 g/mol. The highest BCUT2D eigenvalue weighted by Crippen LogP contribution is 2.10. The highest BCUT2D eigenvalue weighted by Gasteiger charge is 2.18. The fraction of sp³-hybridized carbons (Fsp3) is 0.400. The summed E-state index contributed by atoms with van der Waals surface area (Å²) in [6.07, 6.45) is 1.73. The molecule has 6 nitrogen and oxygen atoms in total. The summed E-state index contributed by atoms with van der Waals surface area (Å²) in [7, 11) is 0. The van der Waals surface area contributed by atoms with Gasteiger partial charge in [-0.1, -0.05) is 0 Å². The van der Waals surface area contributed by atoms with Crippen molar-refractivity contribution < 1.29 is 9.53 Å². The third-order valence-corrected chi connectivity index (χ3v) is 2.93. The van der Waals surface area contributed by atoms with Crippen molar-refractivity contribution in [1.29, 1.82) is 0 Å². The second-order valence-electron chi connectivity index (χ2n) is 3.30. The number of aryl methyl sites for hydroxylation is 1. The van der Waals surface area contributed by atoms with Crippen LogP contribution < -0.4 is 0 Å². The first-order chi connectivity index (χ1) is 8.22. The molecule has 0 amide bonds. The van der Waals surface area contributed by atoms with Gasteiger partial charge in [-0.25, -0.2) is 9.78 Å². The quantitative estimate of drug-likeness (QED) is 0.766. The summed E-state index contributed by atoms with van der Waals surface area (Å²) >= 11 is 1.52. The Balaban J connectivity index is 2.26. The van der Waals surface area contributed by atoms with Crippen molar-refractivity contribution in [2.45, 2.75) is 20.4 Å². The number of thiazole rings is 1. The van der Waals surface area contributed by atoms with Gasteiger partial charge in [0.1, 0.15) is 10.8 Å². The minimum atomic E-state index is -0.454. The van der Waals surface area contributed by atoms with Crippen molar-refractivity contribution in [2.75, 3.05) is 6.61 Å². The maximum atomic E-state index is 11.6. The van der Waals surface area contributed by atoms with Gasteiger partial charge in [0.05, 0.1) is 13.2 Å². The summed E-state index contributed by atoms with van der Waals surface area (Å²) < 4.78 is 6.63. The van der Waals surface area contributed by atoms with Gasteiger partial charge < -0.3 is 4.74 Å². The van der Waals surface area contributed by atoms with E-state index in [0.29, 0.717) is 19.0 Å². The van der Waals surface area contributed by atoms with Gasteiger partial charge in [-0.15, -0.1) is 21.5 Å². The molecule has 0 N–H and O–H groups in total. The number of esters is 1. The van der Waals surface area contributed by atoms with Crippen LogP contribution in [0.25, 0.3) is 0 Å². The molecular formula is C10H12N4O2S. The average molecular weight is 252 g/mol. The van der Waals surface area contributed by atoms with Crippen molar-refractivity contribution in [2.24, 2.45) is 0 Å². The summed E-state index contributed by atoms with van der Waals surface area (Å²) in [5.41, 5.74) is 0. The van der Waals surface area contributed by atoms with Gasteiger partial charge in [-0.05, 0) is 13.8 Å². The van der Waals surface area contributed by atoms with Gasteiger partial charge >= 0.3 is 5.97 Å². The van der Waals surface area contributed by atoms with E-state index in [-0.39, 0.29) is 5.82 Å². The summed E-state index contributed by atoms with van der Waals surface area (Å²) in [4.78, 5) is 15.8. The van der Waals surface area contributed by atoms with E-state index in [0.717, 1.165) is 5.01 Å². The van der Waals surface area contributed by atoms with Crippen molar-refractivity contribution in [3.05, 3.63) is 28.2 Å². The number of hydrogen-bond acceptors (Lipinski definition) is 6.